The Morgan fingerprint density at radius 1 is 1.29 bits per heavy atom. The number of carboxylic acids is 1. The fraction of sp³-hybridized carbons (Fsp3) is 0.800. The van der Waals surface area contributed by atoms with Crippen LogP contribution < -0.4 is 10.00 Å². The number of carboxylic acid groups (broad SMARTS) is 1. The highest BCUT2D eigenvalue weighted by molar-refractivity contribution is 5.74. The lowest BCUT2D eigenvalue weighted by Crippen LogP contribution is -2.36. The van der Waals surface area contributed by atoms with Crippen molar-refractivity contribution in [3.05, 3.63) is 11.9 Å². The zero-order valence-corrected chi connectivity index (χ0v) is 17.2. The summed E-state index contributed by atoms with van der Waals surface area (Å²) < 4.78 is 9.49. The normalized spacial score (nSPS) is 19.1. The summed E-state index contributed by atoms with van der Waals surface area (Å²) >= 11 is 0. The van der Waals surface area contributed by atoms with E-state index < -0.39 is 12.0 Å². The van der Waals surface area contributed by atoms with Gasteiger partial charge in [0.1, 0.15) is 25.2 Å². The van der Waals surface area contributed by atoms with Crippen LogP contribution in [0.5, 0.6) is 0 Å². The third kappa shape index (κ3) is 7.22. The average molecular weight is 396 g/mol. The predicted molar refractivity (Wildman–Crippen MR) is 104 cm³/mol. The number of aryl methyl sites for hydroxylation is 3. The van der Waals surface area contributed by atoms with Crippen LogP contribution in [0.15, 0.2) is 6.20 Å². The van der Waals surface area contributed by atoms with Crippen molar-refractivity contribution in [2.75, 3.05) is 6.54 Å². The van der Waals surface area contributed by atoms with Crippen LogP contribution in [0.3, 0.4) is 0 Å². The van der Waals surface area contributed by atoms with Gasteiger partial charge in [0, 0.05) is 25.8 Å². The summed E-state index contributed by atoms with van der Waals surface area (Å²) in [6.45, 7) is 6.53. The lowest BCUT2D eigenvalue weighted by atomic mass is 10.2. The number of rotatable bonds is 13. The molecule has 0 saturated carbocycles. The smallest absolute Gasteiger partial charge is 0.320 e. The molecule has 0 radical (unpaired) electrons. The van der Waals surface area contributed by atoms with Crippen molar-refractivity contribution in [1.29, 1.82) is 0 Å². The van der Waals surface area contributed by atoms with Crippen molar-refractivity contribution >= 4 is 11.9 Å². The van der Waals surface area contributed by atoms with Crippen LogP contribution in [0.25, 0.3) is 0 Å². The largest absolute Gasteiger partial charge is 0.480 e. The SMILES string of the molecule is CCCCc1c[n+](CCCC)nn1CCCCC(=O)O[C@H]1CN[C@H](C(=O)O)C1. The van der Waals surface area contributed by atoms with Crippen LogP contribution in [-0.2, 0) is 33.8 Å². The summed E-state index contributed by atoms with van der Waals surface area (Å²) in [6.07, 6.45) is 9.74. The minimum absolute atomic E-state index is 0.248. The van der Waals surface area contributed by atoms with E-state index >= 15 is 0 Å². The lowest BCUT2D eigenvalue weighted by Gasteiger charge is -2.10. The molecular formula is C20H35N4O4+. The third-order valence-corrected chi connectivity index (χ3v) is 5.07. The number of hydrogen-bond donors (Lipinski definition) is 2. The molecule has 1 aliphatic heterocycles. The van der Waals surface area contributed by atoms with E-state index in [1.54, 1.807) is 0 Å². The molecular weight excluding hydrogens is 360 g/mol. The van der Waals surface area contributed by atoms with Gasteiger partial charge in [-0.2, -0.15) is 0 Å². The zero-order chi connectivity index (χ0) is 20.4. The number of unbranched alkanes of at least 4 members (excludes halogenated alkanes) is 3. The molecule has 1 aliphatic rings. The van der Waals surface area contributed by atoms with Crippen molar-refractivity contribution in [2.45, 2.75) is 96.9 Å². The molecule has 1 aromatic rings. The Morgan fingerprint density at radius 3 is 2.75 bits per heavy atom. The lowest BCUT2D eigenvalue weighted by molar-refractivity contribution is -0.755. The van der Waals surface area contributed by atoms with Gasteiger partial charge in [0.05, 0.1) is 5.21 Å². The number of ether oxygens (including phenoxy) is 1. The highest BCUT2D eigenvalue weighted by Gasteiger charge is 2.31. The molecule has 2 atom stereocenters. The van der Waals surface area contributed by atoms with Gasteiger partial charge >= 0.3 is 11.9 Å². The van der Waals surface area contributed by atoms with E-state index in [1.165, 1.54) is 5.69 Å². The molecule has 1 saturated heterocycles. The van der Waals surface area contributed by atoms with Gasteiger partial charge in [-0.1, -0.05) is 26.7 Å². The molecule has 2 rings (SSSR count). The van der Waals surface area contributed by atoms with Crippen LogP contribution in [0.1, 0.15) is 70.9 Å². The topological polar surface area (TPSA) is 97.3 Å². The highest BCUT2D eigenvalue weighted by atomic mass is 16.5. The summed E-state index contributed by atoms with van der Waals surface area (Å²) in [6, 6.07) is -0.612. The standard InChI is InChI=1S/C20H34N4O4/c1-3-5-9-16-15-23(11-6-4-2)22-24(16)12-8-7-10-19(25)28-17-13-18(20(26)27)21-14-17/h15,17-18,21H,3-14H2,1-2H3/p+1/t17-,18+/m1/s1. The van der Waals surface area contributed by atoms with Crippen LogP contribution in [0, 0.1) is 0 Å². The average Bonchev–Trinajstić information content (AvgIpc) is 3.29. The van der Waals surface area contributed by atoms with Crippen molar-refractivity contribution < 1.29 is 24.1 Å². The van der Waals surface area contributed by atoms with Gasteiger partial charge in [0.25, 0.3) is 0 Å². The van der Waals surface area contributed by atoms with Gasteiger partial charge < -0.3 is 15.2 Å². The first-order valence-corrected chi connectivity index (χ1v) is 10.7. The van der Waals surface area contributed by atoms with Gasteiger partial charge in [0.2, 0.25) is 0 Å². The van der Waals surface area contributed by atoms with Crippen LogP contribution in [0.4, 0.5) is 0 Å². The van der Waals surface area contributed by atoms with Gasteiger partial charge in [-0.15, -0.1) is 9.36 Å². The van der Waals surface area contributed by atoms with Crippen molar-refractivity contribution in [3.63, 3.8) is 0 Å². The van der Waals surface area contributed by atoms with Crippen LogP contribution in [-0.4, -0.2) is 45.6 Å². The predicted octanol–water partition coefficient (Wildman–Crippen LogP) is 1.84. The first-order valence-electron chi connectivity index (χ1n) is 10.7. The number of carbonyl (C=O) groups is 2. The summed E-state index contributed by atoms with van der Waals surface area (Å²) in [7, 11) is 0. The monoisotopic (exact) mass is 395 g/mol. The first kappa shape index (κ1) is 22.3. The van der Waals surface area contributed by atoms with Crippen LogP contribution in [0.2, 0.25) is 0 Å². The van der Waals surface area contributed by atoms with E-state index in [0.717, 1.165) is 58.0 Å². The second kappa shape index (κ2) is 11.8. The summed E-state index contributed by atoms with van der Waals surface area (Å²) in [5, 5.41) is 16.5. The molecule has 0 unspecified atom stereocenters. The maximum Gasteiger partial charge on any atom is 0.320 e. The zero-order valence-electron chi connectivity index (χ0n) is 17.2. The number of aromatic nitrogens is 3. The second-order valence-electron chi connectivity index (χ2n) is 7.56. The molecule has 0 aromatic carbocycles. The Kier molecular flexibility index (Phi) is 9.40. The molecule has 0 bridgehead atoms. The van der Waals surface area contributed by atoms with E-state index in [1.807, 2.05) is 4.68 Å². The maximum atomic E-state index is 12.0. The number of nitrogens with zero attached hydrogens (tertiary/aromatic N) is 3. The van der Waals surface area contributed by atoms with E-state index in [4.69, 9.17) is 9.84 Å². The number of aliphatic carboxylic acids is 1. The molecule has 1 aromatic heterocycles. The molecule has 8 heteroatoms. The second-order valence-corrected chi connectivity index (χ2v) is 7.56. The Labute approximate surface area is 167 Å². The fourth-order valence-corrected chi connectivity index (χ4v) is 3.39. The minimum atomic E-state index is -0.896. The molecule has 28 heavy (non-hydrogen) atoms. The molecule has 2 heterocycles. The van der Waals surface area contributed by atoms with Gasteiger partial charge in [-0.05, 0) is 25.7 Å². The van der Waals surface area contributed by atoms with Crippen LogP contribution >= 0.6 is 0 Å². The highest BCUT2D eigenvalue weighted by Crippen LogP contribution is 2.13. The summed E-state index contributed by atoms with van der Waals surface area (Å²) in [4.78, 5) is 22.9. The fourth-order valence-electron chi connectivity index (χ4n) is 3.39. The van der Waals surface area contributed by atoms with Crippen molar-refractivity contribution in [1.82, 2.24) is 15.2 Å². The van der Waals surface area contributed by atoms with E-state index in [-0.39, 0.29) is 12.1 Å². The first-order chi connectivity index (χ1) is 13.5. The minimum Gasteiger partial charge on any atom is -0.480 e. The van der Waals surface area contributed by atoms with Gasteiger partial charge in [-0.25, -0.2) is 0 Å². The number of nitrogens with one attached hydrogen (secondary N) is 1. The molecule has 0 aliphatic carbocycles. The number of esters is 1. The van der Waals surface area contributed by atoms with E-state index in [2.05, 4.69) is 35.3 Å². The Balaban J connectivity index is 1.72. The summed E-state index contributed by atoms with van der Waals surface area (Å²) in [5.41, 5.74) is 1.26. The number of carbonyl (C=O) groups excluding carboxylic acids is 1. The Hall–Kier alpha value is -1.96. The van der Waals surface area contributed by atoms with Crippen molar-refractivity contribution in [3.8, 4) is 0 Å². The summed E-state index contributed by atoms with van der Waals surface area (Å²) in [5.74, 6) is -1.14. The maximum absolute atomic E-state index is 12.0. The third-order valence-electron chi connectivity index (χ3n) is 5.07. The molecule has 1 fully saturated rings. The number of hydrogen-bond acceptors (Lipinski definition) is 5. The van der Waals surface area contributed by atoms with Gasteiger partial charge in [-0.3, -0.25) is 9.59 Å². The molecule has 2 N–H and O–H groups in total. The van der Waals surface area contributed by atoms with E-state index in [0.29, 0.717) is 19.4 Å². The Morgan fingerprint density at radius 2 is 2.07 bits per heavy atom. The van der Waals surface area contributed by atoms with Crippen molar-refractivity contribution in [2.24, 2.45) is 0 Å². The Bertz CT molecular complexity index is 632. The molecule has 0 spiro atoms. The molecule has 8 nitrogen and oxygen atoms in total. The quantitative estimate of drug-likeness (QED) is 0.300. The van der Waals surface area contributed by atoms with Gasteiger partial charge in [0.15, 0.2) is 11.9 Å². The van der Waals surface area contributed by atoms with E-state index in [9.17, 15) is 9.59 Å². The molecule has 0 amide bonds. The molecule has 158 valence electrons.